The third-order valence-corrected chi connectivity index (χ3v) is 4.78. The average Bonchev–Trinajstić information content (AvgIpc) is 2.74. The molecule has 0 bridgehead atoms. The fraction of sp³-hybridized carbons (Fsp3) is 0.0909. The molecule has 0 saturated heterocycles. The molecule has 8 nitrogen and oxygen atoms in total. The highest BCUT2D eigenvalue weighted by molar-refractivity contribution is 6.35. The molecule has 2 aromatic heterocycles. The number of hydrogen-bond acceptors (Lipinski definition) is 6. The summed E-state index contributed by atoms with van der Waals surface area (Å²) in [5.41, 5.74) is 17.4. The Labute approximate surface area is 183 Å². The third kappa shape index (κ3) is 4.65. The van der Waals surface area contributed by atoms with Gasteiger partial charge in [-0.15, -0.1) is 0 Å². The fourth-order valence-electron chi connectivity index (χ4n) is 3.01. The van der Waals surface area contributed by atoms with Gasteiger partial charge in [-0.3, -0.25) is 14.2 Å². The second-order valence-corrected chi connectivity index (χ2v) is 6.96. The maximum absolute atomic E-state index is 12.8. The average molecular weight is 437 g/mol. The zero-order valence-corrected chi connectivity index (χ0v) is 17.5. The van der Waals surface area contributed by atoms with E-state index in [1.165, 1.54) is 12.3 Å². The number of fused-ring (bicyclic) bond motifs is 1. The molecule has 0 spiro atoms. The summed E-state index contributed by atoms with van der Waals surface area (Å²) in [7, 11) is 0. The van der Waals surface area contributed by atoms with Crippen molar-refractivity contribution in [3.8, 4) is 5.69 Å². The maximum Gasteiger partial charge on any atom is 0.267 e. The van der Waals surface area contributed by atoms with Gasteiger partial charge in [0.05, 0.1) is 27.2 Å². The number of nitrogen functional groups attached to an aromatic ring is 2. The number of amides is 1. The van der Waals surface area contributed by atoms with Crippen LogP contribution >= 0.6 is 11.6 Å². The second-order valence-electron chi connectivity index (χ2n) is 6.55. The number of halogens is 1. The Balaban J connectivity index is 0.000000210. The maximum atomic E-state index is 12.8. The molecule has 4 aromatic rings. The summed E-state index contributed by atoms with van der Waals surface area (Å²) < 4.78 is 1.63. The highest BCUT2D eigenvalue weighted by atomic mass is 35.5. The Hall–Kier alpha value is -3.91. The van der Waals surface area contributed by atoms with Gasteiger partial charge in [0.2, 0.25) is 0 Å². The minimum Gasteiger partial charge on any atom is -0.398 e. The Morgan fingerprint density at radius 3 is 2.42 bits per heavy atom. The number of anilines is 2. The molecule has 0 fully saturated rings. The van der Waals surface area contributed by atoms with Crippen LogP contribution in [0.2, 0.25) is 5.02 Å². The van der Waals surface area contributed by atoms with Gasteiger partial charge in [-0.05, 0) is 24.3 Å². The summed E-state index contributed by atoms with van der Waals surface area (Å²) in [6.07, 6.45) is 1.93. The van der Waals surface area contributed by atoms with Crippen molar-refractivity contribution < 1.29 is 4.79 Å². The number of aromatic nitrogens is 3. The van der Waals surface area contributed by atoms with E-state index < -0.39 is 5.91 Å². The summed E-state index contributed by atoms with van der Waals surface area (Å²) in [6, 6.07) is 16.2. The minimum absolute atomic E-state index is 0.122. The lowest BCUT2D eigenvalue weighted by Crippen LogP contribution is -2.23. The molecule has 0 aliphatic rings. The second kappa shape index (κ2) is 9.27. The van der Waals surface area contributed by atoms with E-state index in [1.807, 2.05) is 49.4 Å². The summed E-state index contributed by atoms with van der Waals surface area (Å²) in [5, 5.41) is 0.905. The van der Waals surface area contributed by atoms with E-state index in [0.29, 0.717) is 22.3 Å². The Bertz CT molecular complexity index is 1300. The van der Waals surface area contributed by atoms with Crippen molar-refractivity contribution in [1.82, 2.24) is 14.5 Å². The standard InChI is InChI=1S/C16H13ClN2O.C6H8N4O/c1-2-14-18-13-10-6-9-12(17)15(13)16(20)19(14)11-7-4-3-5-8-11;7-4-1-5(8)10-2-3(4)6(9)11/h3-10H,2H2,1H3;1-2H,(H2,9,11)(H4,7,8,10). The van der Waals surface area contributed by atoms with Gasteiger partial charge in [-0.1, -0.05) is 42.8 Å². The van der Waals surface area contributed by atoms with E-state index in [4.69, 9.17) is 28.8 Å². The van der Waals surface area contributed by atoms with Gasteiger partial charge in [0.1, 0.15) is 11.6 Å². The van der Waals surface area contributed by atoms with E-state index in [9.17, 15) is 9.59 Å². The largest absolute Gasteiger partial charge is 0.398 e. The number of rotatable bonds is 3. The SMILES string of the molecule is CCc1nc2cccc(Cl)c2c(=O)n1-c1ccccc1.NC(=O)c1cnc(N)cc1N. The highest BCUT2D eigenvalue weighted by Gasteiger charge is 2.13. The number of primary amides is 1. The van der Waals surface area contributed by atoms with Crippen LogP contribution in [0, 0.1) is 0 Å². The lowest BCUT2D eigenvalue weighted by atomic mass is 10.2. The van der Waals surface area contributed by atoms with Crippen molar-refractivity contribution in [2.24, 2.45) is 5.73 Å². The summed E-state index contributed by atoms with van der Waals surface area (Å²) in [6.45, 7) is 1.98. The molecule has 0 aliphatic carbocycles. The normalized spacial score (nSPS) is 10.4. The van der Waals surface area contributed by atoms with Gasteiger partial charge in [0, 0.05) is 24.4 Å². The quantitative estimate of drug-likeness (QED) is 0.450. The molecule has 158 valence electrons. The van der Waals surface area contributed by atoms with Gasteiger partial charge < -0.3 is 17.2 Å². The number of nitrogens with zero attached hydrogens (tertiary/aromatic N) is 3. The van der Waals surface area contributed by atoms with E-state index in [2.05, 4.69) is 9.97 Å². The zero-order valence-electron chi connectivity index (χ0n) is 16.7. The lowest BCUT2D eigenvalue weighted by molar-refractivity contribution is 0.100. The number of carbonyl (C=O) groups is 1. The molecule has 4 rings (SSSR count). The number of para-hydroxylation sites is 1. The van der Waals surface area contributed by atoms with Crippen LogP contribution in [0.1, 0.15) is 23.1 Å². The molecule has 2 heterocycles. The molecule has 6 N–H and O–H groups in total. The lowest BCUT2D eigenvalue weighted by Gasteiger charge is -2.12. The Morgan fingerprint density at radius 2 is 1.81 bits per heavy atom. The van der Waals surface area contributed by atoms with Crippen LogP contribution in [0.5, 0.6) is 0 Å². The third-order valence-electron chi connectivity index (χ3n) is 4.47. The monoisotopic (exact) mass is 436 g/mol. The Kier molecular flexibility index (Phi) is 6.52. The summed E-state index contributed by atoms with van der Waals surface area (Å²) >= 11 is 6.16. The number of benzene rings is 2. The number of hydrogen-bond donors (Lipinski definition) is 3. The van der Waals surface area contributed by atoms with Gasteiger partial charge in [0.25, 0.3) is 11.5 Å². The van der Waals surface area contributed by atoms with Crippen LogP contribution in [0.15, 0.2) is 65.6 Å². The molecule has 0 saturated carbocycles. The summed E-state index contributed by atoms with van der Waals surface area (Å²) in [4.78, 5) is 31.6. The molecule has 1 amide bonds. The molecule has 2 aromatic carbocycles. The van der Waals surface area contributed by atoms with E-state index in [1.54, 1.807) is 10.6 Å². The smallest absolute Gasteiger partial charge is 0.267 e. The van der Waals surface area contributed by atoms with E-state index >= 15 is 0 Å². The van der Waals surface area contributed by atoms with Gasteiger partial charge in [-0.25, -0.2) is 9.97 Å². The molecule has 9 heteroatoms. The van der Waals surface area contributed by atoms with Crippen LogP contribution in [0.3, 0.4) is 0 Å². The predicted molar refractivity (Wildman–Crippen MR) is 123 cm³/mol. The molecule has 0 unspecified atom stereocenters. The van der Waals surface area contributed by atoms with Crippen molar-refractivity contribution in [3.63, 3.8) is 0 Å². The van der Waals surface area contributed by atoms with Crippen molar-refractivity contribution >= 4 is 39.9 Å². The number of aryl methyl sites for hydroxylation is 1. The first-order valence-electron chi connectivity index (χ1n) is 9.39. The number of pyridine rings is 1. The first-order chi connectivity index (χ1) is 14.8. The highest BCUT2D eigenvalue weighted by Crippen LogP contribution is 2.20. The van der Waals surface area contributed by atoms with Crippen molar-refractivity contribution in [2.45, 2.75) is 13.3 Å². The first-order valence-corrected chi connectivity index (χ1v) is 9.77. The van der Waals surface area contributed by atoms with Crippen LogP contribution in [0.4, 0.5) is 11.5 Å². The molecule has 31 heavy (non-hydrogen) atoms. The predicted octanol–water partition coefficient (Wildman–Crippen LogP) is 2.95. The molecular weight excluding hydrogens is 416 g/mol. The summed E-state index contributed by atoms with van der Waals surface area (Å²) in [5.74, 6) is 0.401. The molecule has 0 aliphatic heterocycles. The van der Waals surface area contributed by atoms with Gasteiger partial charge >= 0.3 is 0 Å². The van der Waals surface area contributed by atoms with Crippen LogP contribution < -0.4 is 22.8 Å². The number of nitrogens with two attached hydrogens (primary N) is 3. The molecule has 0 atom stereocenters. The van der Waals surface area contributed by atoms with Crippen molar-refractivity contribution in [1.29, 1.82) is 0 Å². The minimum atomic E-state index is -0.602. The molecular formula is C22H21ClN6O2. The number of carbonyl (C=O) groups excluding carboxylic acids is 1. The Morgan fingerprint density at radius 1 is 1.10 bits per heavy atom. The van der Waals surface area contributed by atoms with Crippen molar-refractivity contribution in [2.75, 3.05) is 11.5 Å². The van der Waals surface area contributed by atoms with Crippen LogP contribution in [-0.4, -0.2) is 20.4 Å². The fourth-order valence-corrected chi connectivity index (χ4v) is 3.26. The van der Waals surface area contributed by atoms with Gasteiger partial charge in [-0.2, -0.15) is 0 Å². The van der Waals surface area contributed by atoms with Crippen LogP contribution in [-0.2, 0) is 6.42 Å². The topological polar surface area (TPSA) is 143 Å². The van der Waals surface area contributed by atoms with Gasteiger partial charge in [0.15, 0.2) is 0 Å². The van der Waals surface area contributed by atoms with Crippen LogP contribution in [0.25, 0.3) is 16.6 Å². The zero-order chi connectivity index (χ0) is 22.5. The van der Waals surface area contributed by atoms with E-state index in [0.717, 1.165) is 11.5 Å². The molecule has 0 radical (unpaired) electrons. The first kappa shape index (κ1) is 21.8. The van der Waals surface area contributed by atoms with E-state index in [-0.39, 0.29) is 22.6 Å². The van der Waals surface area contributed by atoms with Crippen molar-refractivity contribution in [3.05, 3.63) is 87.6 Å².